The topological polar surface area (TPSA) is 146 Å². The summed E-state index contributed by atoms with van der Waals surface area (Å²) in [6.45, 7) is 1.40. The first-order chi connectivity index (χ1) is 20.3. The minimum absolute atomic E-state index is 0.0740. The Morgan fingerprint density at radius 3 is 2.21 bits per heavy atom. The molecule has 1 aliphatic rings. The Labute approximate surface area is 254 Å². The zero-order chi connectivity index (χ0) is 31.6. The summed E-state index contributed by atoms with van der Waals surface area (Å²) in [6, 6.07) is 20.6. The number of aromatic carboxylic acids is 1. The maximum absolute atomic E-state index is 13.2. The molecule has 226 valence electrons. The van der Waals surface area contributed by atoms with E-state index in [1.165, 1.54) is 53.4 Å². The largest absolute Gasteiger partial charge is 0.487 e. The molecule has 0 bridgehead atoms. The van der Waals surface area contributed by atoms with Gasteiger partial charge in [-0.1, -0.05) is 42.1 Å². The van der Waals surface area contributed by atoms with Crippen molar-refractivity contribution < 1.29 is 42.9 Å². The number of hydrogen-bond acceptors (Lipinski definition) is 7. The summed E-state index contributed by atoms with van der Waals surface area (Å²) in [4.78, 5) is 52.3. The number of anilines is 1. The van der Waals surface area contributed by atoms with Gasteiger partial charge in [0.05, 0.1) is 11.3 Å². The van der Waals surface area contributed by atoms with Crippen LogP contribution >= 0.6 is 23.4 Å². The Balaban J connectivity index is 0.00000119. The molecular weight excluding hydrogens is 608 g/mol. The first kappa shape index (κ1) is 33.0. The predicted molar refractivity (Wildman–Crippen MR) is 158 cm³/mol. The Hall–Kier alpha value is -4.49. The van der Waals surface area contributed by atoms with Crippen molar-refractivity contribution >= 4 is 63.7 Å². The van der Waals surface area contributed by atoms with E-state index in [-0.39, 0.29) is 28.8 Å². The van der Waals surface area contributed by atoms with Gasteiger partial charge in [-0.3, -0.25) is 19.3 Å². The molecule has 1 fully saturated rings. The van der Waals surface area contributed by atoms with Crippen LogP contribution < -0.4 is 10.1 Å². The molecule has 4 rings (SSSR count). The summed E-state index contributed by atoms with van der Waals surface area (Å²) in [7, 11) is 0. The van der Waals surface area contributed by atoms with Crippen molar-refractivity contribution in [2.24, 2.45) is 4.99 Å². The predicted octanol–water partition coefficient (Wildman–Crippen LogP) is 5.85. The highest BCUT2D eigenvalue weighted by molar-refractivity contribution is 8.15. The van der Waals surface area contributed by atoms with Gasteiger partial charge in [0.1, 0.15) is 11.0 Å². The third-order valence-electron chi connectivity index (χ3n) is 5.59. The number of aliphatic imine (C=N–C) groups is 1. The van der Waals surface area contributed by atoms with Crippen molar-refractivity contribution in [2.45, 2.75) is 30.6 Å². The maximum Gasteiger partial charge on any atom is 0.487 e. The number of hydrogen-bond donors (Lipinski definition) is 3. The van der Waals surface area contributed by atoms with E-state index in [2.05, 4.69) is 15.0 Å². The average molecular weight is 634 g/mol. The lowest BCUT2D eigenvalue weighted by molar-refractivity contribution is -0.134. The van der Waals surface area contributed by atoms with Crippen molar-refractivity contribution in [3.05, 3.63) is 90.0 Å². The van der Waals surface area contributed by atoms with E-state index in [1.54, 1.807) is 0 Å². The summed E-state index contributed by atoms with van der Waals surface area (Å²) in [5.74, 6) is -2.83. The third-order valence-corrected chi connectivity index (χ3v) is 6.86. The summed E-state index contributed by atoms with van der Waals surface area (Å²) in [5.41, 5.74) is -2.03. The standard InChI is InChI=1S/C27H22ClF2N3O5S.C2H4O2/c28-27(29,30)38-21-12-10-20(11-13-21)32-26-33(15-14-17-4-2-1-3-5-17)23(34)16-22(39-26)24(35)31-19-8-6-18(7-9-19)25(36)37;1-2(3)4/h1-13,22H,14-16H2,(H,31,35)(H,36,37);1H3,(H,3,4). The lowest BCUT2D eigenvalue weighted by Gasteiger charge is -2.32. The molecule has 3 aromatic carbocycles. The molecule has 0 spiro atoms. The van der Waals surface area contributed by atoms with Crippen LogP contribution in [0, 0.1) is 0 Å². The molecule has 2 amide bonds. The number of aliphatic carboxylic acids is 1. The highest BCUT2D eigenvalue weighted by Gasteiger charge is 2.36. The van der Waals surface area contributed by atoms with Crippen LogP contribution in [-0.4, -0.2) is 61.4 Å². The van der Waals surface area contributed by atoms with Crippen molar-refractivity contribution in [1.29, 1.82) is 0 Å². The van der Waals surface area contributed by atoms with Crippen LogP contribution in [0.15, 0.2) is 83.9 Å². The molecule has 1 saturated heterocycles. The van der Waals surface area contributed by atoms with E-state index in [0.717, 1.165) is 24.2 Å². The summed E-state index contributed by atoms with van der Waals surface area (Å²) in [5, 5.41) is 18.7. The summed E-state index contributed by atoms with van der Waals surface area (Å²) >= 11 is 5.91. The Morgan fingerprint density at radius 2 is 1.65 bits per heavy atom. The van der Waals surface area contributed by atoms with Crippen LogP contribution in [-0.2, 0) is 20.8 Å². The highest BCUT2D eigenvalue weighted by Crippen LogP contribution is 2.32. The lowest BCUT2D eigenvalue weighted by atomic mass is 10.1. The number of carbonyl (C=O) groups is 4. The Bertz CT molecular complexity index is 1460. The van der Waals surface area contributed by atoms with Gasteiger partial charge in [0.2, 0.25) is 11.8 Å². The average Bonchev–Trinajstić information content (AvgIpc) is 2.93. The Kier molecular flexibility index (Phi) is 11.6. The van der Waals surface area contributed by atoms with Gasteiger partial charge >= 0.3 is 11.5 Å². The van der Waals surface area contributed by atoms with Crippen molar-refractivity contribution in [3.8, 4) is 5.75 Å². The second kappa shape index (κ2) is 15.1. The molecule has 0 saturated carbocycles. The quantitative estimate of drug-likeness (QED) is 0.249. The molecule has 1 heterocycles. The number of alkyl halides is 3. The molecule has 1 atom stereocenters. The van der Waals surface area contributed by atoms with Gasteiger partial charge in [0.15, 0.2) is 5.17 Å². The maximum atomic E-state index is 13.2. The molecule has 1 unspecified atom stereocenters. The molecule has 0 aromatic heterocycles. The molecule has 0 radical (unpaired) electrons. The summed E-state index contributed by atoms with van der Waals surface area (Å²) in [6.07, 6.45) is 0.478. The smallest absolute Gasteiger partial charge is 0.481 e. The van der Waals surface area contributed by atoms with Gasteiger partial charge in [-0.25, -0.2) is 9.79 Å². The molecule has 3 aromatic rings. The molecule has 10 nitrogen and oxygen atoms in total. The number of ether oxygens (including phenoxy) is 1. The van der Waals surface area contributed by atoms with Crippen LogP contribution in [0.2, 0.25) is 0 Å². The van der Waals surface area contributed by atoms with Crippen LogP contribution in [0.1, 0.15) is 29.3 Å². The second-order valence-electron chi connectivity index (χ2n) is 8.92. The molecule has 1 aliphatic heterocycles. The van der Waals surface area contributed by atoms with Gasteiger partial charge in [-0.2, -0.15) is 0 Å². The van der Waals surface area contributed by atoms with Crippen LogP contribution in [0.4, 0.5) is 20.2 Å². The van der Waals surface area contributed by atoms with Crippen LogP contribution in [0.3, 0.4) is 0 Å². The fourth-order valence-electron chi connectivity index (χ4n) is 3.70. The zero-order valence-electron chi connectivity index (χ0n) is 22.6. The lowest BCUT2D eigenvalue weighted by Crippen LogP contribution is -2.46. The molecule has 3 N–H and O–H groups in total. The number of carbonyl (C=O) groups excluding carboxylic acids is 2. The van der Waals surface area contributed by atoms with Crippen molar-refractivity contribution in [3.63, 3.8) is 0 Å². The summed E-state index contributed by atoms with van der Waals surface area (Å²) < 4.78 is 30.2. The van der Waals surface area contributed by atoms with Crippen molar-refractivity contribution in [2.75, 3.05) is 11.9 Å². The number of carboxylic acids is 2. The fourth-order valence-corrected chi connectivity index (χ4v) is 4.91. The zero-order valence-corrected chi connectivity index (χ0v) is 24.1. The van der Waals surface area contributed by atoms with Gasteiger partial charge < -0.3 is 20.3 Å². The van der Waals surface area contributed by atoms with Crippen molar-refractivity contribution in [1.82, 2.24) is 4.90 Å². The minimum Gasteiger partial charge on any atom is -0.481 e. The van der Waals surface area contributed by atoms with E-state index in [9.17, 15) is 23.2 Å². The van der Waals surface area contributed by atoms with E-state index in [0.29, 0.717) is 24.3 Å². The fraction of sp³-hybridized carbons (Fsp3) is 0.207. The van der Waals surface area contributed by atoms with E-state index < -0.39 is 28.7 Å². The second-order valence-corrected chi connectivity index (χ2v) is 10.5. The number of thioether (sulfide) groups is 1. The number of rotatable bonds is 9. The van der Waals surface area contributed by atoms with E-state index in [1.807, 2.05) is 30.3 Å². The number of nitrogens with one attached hydrogen (secondary N) is 1. The van der Waals surface area contributed by atoms with E-state index in [4.69, 9.17) is 26.6 Å². The van der Waals surface area contributed by atoms with Gasteiger partial charge in [0.25, 0.3) is 5.97 Å². The minimum atomic E-state index is -3.86. The molecule has 0 aliphatic carbocycles. The first-order valence-electron chi connectivity index (χ1n) is 12.6. The number of nitrogens with zero attached hydrogens (tertiary/aromatic N) is 2. The molecular formula is C29H26ClF2N3O7S. The molecule has 43 heavy (non-hydrogen) atoms. The SMILES string of the molecule is CC(=O)O.O=C(O)c1ccc(NC(=O)C2CC(=O)N(CCc3ccccc3)C(=Nc3ccc(OC(F)(F)Cl)cc3)S2)cc1. The number of amidine groups is 1. The monoisotopic (exact) mass is 633 g/mol. The van der Waals surface area contributed by atoms with E-state index >= 15 is 0 Å². The Morgan fingerprint density at radius 1 is 1.05 bits per heavy atom. The molecule has 14 heteroatoms. The highest BCUT2D eigenvalue weighted by atomic mass is 35.5. The number of carboxylic acid groups (broad SMARTS) is 2. The van der Waals surface area contributed by atoms with Gasteiger partial charge in [-0.05, 0) is 60.5 Å². The first-order valence-corrected chi connectivity index (χ1v) is 13.9. The normalized spacial score (nSPS) is 15.7. The number of halogens is 3. The van der Waals surface area contributed by atoms with Crippen LogP contribution in [0.5, 0.6) is 5.75 Å². The van der Waals surface area contributed by atoms with Gasteiger partial charge in [-0.15, -0.1) is 8.78 Å². The third kappa shape index (κ3) is 11.0. The number of benzene rings is 3. The van der Waals surface area contributed by atoms with Gasteiger partial charge in [0, 0.05) is 37.2 Å². The number of amides is 2. The van der Waals surface area contributed by atoms with Crippen LogP contribution in [0.25, 0.3) is 0 Å².